The molecule has 4 heteroatoms. The fourth-order valence-corrected chi connectivity index (χ4v) is 2.56. The summed E-state index contributed by atoms with van der Waals surface area (Å²) >= 11 is 0. The maximum Gasteiger partial charge on any atom is 0.234 e. The molecule has 1 aliphatic heterocycles. The summed E-state index contributed by atoms with van der Waals surface area (Å²) in [6.07, 6.45) is 4.88. The van der Waals surface area contributed by atoms with Crippen LogP contribution in [0.3, 0.4) is 0 Å². The van der Waals surface area contributed by atoms with Crippen molar-refractivity contribution in [2.24, 2.45) is 0 Å². The summed E-state index contributed by atoms with van der Waals surface area (Å²) in [6, 6.07) is 1.02. The molecule has 0 unspecified atom stereocenters. The Morgan fingerprint density at radius 3 is 2.56 bits per heavy atom. The van der Waals surface area contributed by atoms with Gasteiger partial charge in [0.2, 0.25) is 5.91 Å². The molecule has 16 heavy (non-hydrogen) atoms. The molecule has 1 amide bonds. The molecular formula is C12H23N3O. The third kappa shape index (κ3) is 2.95. The van der Waals surface area contributed by atoms with Gasteiger partial charge in [-0.2, -0.15) is 0 Å². The van der Waals surface area contributed by atoms with E-state index in [0.717, 1.165) is 19.6 Å². The first-order chi connectivity index (χ1) is 7.79. The van der Waals surface area contributed by atoms with Gasteiger partial charge in [0.15, 0.2) is 0 Å². The van der Waals surface area contributed by atoms with Gasteiger partial charge in [-0.1, -0.05) is 19.8 Å². The van der Waals surface area contributed by atoms with E-state index in [9.17, 15) is 4.79 Å². The summed E-state index contributed by atoms with van der Waals surface area (Å²) in [7, 11) is 0. The quantitative estimate of drug-likeness (QED) is 0.709. The minimum atomic E-state index is 0.209. The van der Waals surface area contributed by atoms with Crippen molar-refractivity contribution in [2.75, 3.05) is 26.2 Å². The molecule has 0 atom stereocenters. The molecular weight excluding hydrogens is 202 g/mol. The molecule has 0 radical (unpaired) electrons. The van der Waals surface area contributed by atoms with Gasteiger partial charge in [-0.15, -0.1) is 0 Å². The van der Waals surface area contributed by atoms with E-state index in [2.05, 4.69) is 22.5 Å². The maximum atomic E-state index is 11.8. The predicted molar refractivity (Wildman–Crippen MR) is 64.3 cm³/mol. The van der Waals surface area contributed by atoms with Crippen LogP contribution in [-0.4, -0.2) is 49.1 Å². The lowest BCUT2D eigenvalue weighted by molar-refractivity contribution is -0.123. The van der Waals surface area contributed by atoms with E-state index in [1.54, 1.807) is 0 Å². The Bertz CT molecular complexity index is 234. The van der Waals surface area contributed by atoms with Crippen molar-refractivity contribution in [3.63, 3.8) is 0 Å². The van der Waals surface area contributed by atoms with Gasteiger partial charge in [-0.05, 0) is 19.4 Å². The largest absolute Gasteiger partial charge is 0.352 e. The van der Waals surface area contributed by atoms with Crippen molar-refractivity contribution >= 4 is 5.91 Å². The molecule has 2 rings (SSSR count). The van der Waals surface area contributed by atoms with E-state index in [4.69, 9.17) is 0 Å². The Morgan fingerprint density at radius 2 is 2.06 bits per heavy atom. The van der Waals surface area contributed by atoms with Crippen LogP contribution >= 0.6 is 0 Å². The highest BCUT2D eigenvalue weighted by Crippen LogP contribution is 2.17. The minimum Gasteiger partial charge on any atom is -0.352 e. The lowest BCUT2D eigenvalue weighted by Crippen LogP contribution is -2.59. The predicted octanol–water partition coefficient (Wildman–Crippen LogP) is 0.339. The summed E-state index contributed by atoms with van der Waals surface area (Å²) in [5.41, 5.74) is 0. The molecule has 0 spiro atoms. The zero-order chi connectivity index (χ0) is 11.4. The number of rotatable bonds is 5. The zero-order valence-corrected chi connectivity index (χ0v) is 10.2. The first-order valence-electron chi connectivity index (χ1n) is 6.53. The van der Waals surface area contributed by atoms with Crippen LogP contribution in [0.1, 0.15) is 32.6 Å². The normalized spacial score (nSPS) is 22.4. The van der Waals surface area contributed by atoms with Crippen LogP contribution in [0.5, 0.6) is 0 Å². The van der Waals surface area contributed by atoms with Crippen LogP contribution in [-0.2, 0) is 4.79 Å². The molecule has 1 aliphatic carbocycles. The molecule has 0 aromatic heterocycles. The SMILES string of the molecule is CCN(CC(=O)NC1CCCC1)C1CNC1. The number of carbonyl (C=O) groups excluding carboxylic acids is 1. The van der Waals surface area contributed by atoms with Crippen LogP contribution in [0.25, 0.3) is 0 Å². The average Bonchev–Trinajstić information content (AvgIpc) is 2.66. The molecule has 2 aliphatic rings. The van der Waals surface area contributed by atoms with Crippen LogP contribution in [0.4, 0.5) is 0 Å². The van der Waals surface area contributed by atoms with Crippen molar-refractivity contribution < 1.29 is 4.79 Å². The number of hydrogen-bond donors (Lipinski definition) is 2. The monoisotopic (exact) mass is 225 g/mol. The van der Waals surface area contributed by atoms with Crippen molar-refractivity contribution in [2.45, 2.75) is 44.7 Å². The Kier molecular flexibility index (Phi) is 4.18. The van der Waals surface area contributed by atoms with Crippen molar-refractivity contribution in [3.05, 3.63) is 0 Å². The Labute approximate surface area is 97.8 Å². The smallest absolute Gasteiger partial charge is 0.234 e. The van der Waals surface area contributed by atoms with E-state index in [-0.39, 0.29) is 5.91 Å². The molecule has 1 heterocycles. The van der Waals surface area contributed by atoms with Gasteiger partial charge < -0.3 is 10.6 Å². The molecule has 4 nitrogen and oxygen atoms in total. The van der Waals surface area contributed by atoms with E-state index in [1.807, 2.05) is 0 Å². The van der Waals surface area contributed by atoms with E-state index in [0.29, 0.717) is 18.6 Å². The van der Waals surface area contributed by atoms with Crippen LogP contribution < -0.4 is 10.6 Å². The summed E-state index contributed by atoms with van der Waals surface area (Å²) in [6.45, 7) is 5.72. The number of carbonyl (C=O) groups is 1. The first-order valence-corrected chi connectivity index (χ1v) is 6.53. The van der Waals surface area contributed by atoms with Gasteiger partial charge in [0, 0.05) is 25.2 Å². The van der Waals surface area contributed by atoms with Crippen LogP contribution in [0.2, 0.25) is 0 Å². The fraction of sp³-hybridized carbons (Fsp3) is 0.917. The van der Waals surface area contributed by atoms with Gasteiger partial charge in [0.1, 0.15) is 0 Å². The second kappa shape index (κ2) is 5.64. The molecule has 0 bridgehead atoms. The molecule has 2 fully saturated rings. The van der Waals surface area contributed by atoms with Crippen LogP contribution in [0, 0.1) is 0 Å². The molecule has 92 valence electrons. The fourth-order valence-electron chi connectivity index (χ4n) is 2.56. The number of amides is 1. The topological polar surface area (TPSA) is 44.4 Å². The number of nitrogens with zero attached hydrogens (tertiary/aromatic N) is 1. The number of hydrogen-bond acceptors (Lipinski definition) is 3. The summed E-state index contributed by atoms with van der Waals surface area (Å²) in [5.74, 6) is 0.209. The molecule has 1 saturated carbocycles. The second-order valence-electron chi connectivity index (χ2n) is 4.92. The van der Waals surface area contributed by atoms with Gasteiger partial charge in [-0.25, -0.2) is 0 Å². The van der Waals surface area contributed by atoms with E-state index in [1.165, 1.54) is 25.7 Å². The Hall–Kier alpha value is -0.610. The molecule has 2 N–H and O–H groups in total. The van der Waals surface area contributed by atoms with Crippen molar-refractivity contribution in [1.29, 1.82) is 0 Å². The van der Waals surface area contributed by atoms with Crippen LogP contribution in [0.15, 0.2) is 0 Å². The van der Waals surface area contributed by atoms with Gasteiger partial charge in [-0.3, -0.25) is 9.69 Å². The highest BCUT2D eigenvalue weighted by atomic mass is 16.2. The van der Waals surface area contributed by atoms with Crippen molar-refractivity contribution in [1.82, 2.24) is 15.5 Å². The second-order valence-corrected chi connectivity index (χ2v) is 4.92. The van der Waals surface area contributed by atoms with Gasteiger partial charge in [0.25, 0.3) is 0 Å². The third-order valence-electron chi connectivity index (χ3n) is 3.75. The molecule has 0 aromatic carbocycles. The lowest BCUT2D eigenvalue weighted by atomic mass is 10.1. The molecule has 0 aromatic rings. The number of likely N-dealkylation sites (N-methyl/N-ethyl adjacent to an activating group) is 1. The zero-order valence-electron chi connectivity index (χ0n) is 10.2. The summed E-state index contributed by atoms with van der Waals surface area (Å²) in [5, 5.41) is 6.39. The minimum absolute atomic E-state index is 0.209. The maximum absolute atomic E-state index is 11.8. The third-order valence-corrected chi connectivity index (χ3v) is 3.75. The Balaban J connectivity index is 1.71. The highest BCUT2D eigenvalue weighted by Gasteiger charge is 2.25. The van der Waals surface area contributed by atoms with E-state index >= 15 is 0 Å². The lowest BCUT2D eigenvalue weighted by Gasteiger charge is -2.37. The Morgan fingerprint density at radius 1 is 1.38 bits per heavy atom. The first kappa shape index (κ1) is 11.9. The number of nitrogens with one attached hydrogen (secondary N) is 2. The highest BCUT2D eigenvalue weighted by molar-refractivity contribution is 5.78. The average molecular weight is 225 g/mol. The van der Waals surface area contributed by atoms with E-state index < -0.39 is 0 Å². The van der Waals surface area contributed by atoms with Crippen molar-refractivity contribution in [3.8, 4) is 0 Å². The summed E-state index contributed by atoms with van der Waals surface area (Å²) < 4.78 is 0. The van der Waals surface area contributed by atoms with Gasteiger partial charge in [0.05, 0.1) is 6.54 Å². The molecule has 1 saturated heterocycles. The van der Waals surface area contributed by atoms with Gasteiger partial charge >= 0.3 is 0 Å². The standard InChI is InChI=1S/C12H23N3O/c1-2-15(11-7-13-8-11)9-12(16)14-10-5-3-4-6-10/h10-11,13H,2-9H2,1H3,(H,14,16). The summed E-state index contributed by atoms with van der Waals surface area (Å²) in [4.78, 5) is 14.1.